The molecule has 2 heterocycles. The lowest BCUT2D eigenvalue weighted by atomic mass is 9.92. The number of aryl methyl sites for hydroxylation is 1. The molecule has 2 aliphatic rings. The van der Waals surface area contributed by atoms with Gasteiger partial charge in [0.2, 0.25) is 5.66 Å². The fraction of sp³-hybridized carbons (Fsp3) is 0.158. The van der Waals surface area contributed by atoms with Gasteiger partial charge in [-0.3, -0.25) is 14.5 Å². The molecule has 2 aliphatic heterocycles. The first-order valence-corrected chi connectivity index (χ1v) is 7.81. The lowest BCUT2D eigenvalue weighted by molar-refractivity contribution is -0.124. The largest absolute Gasteiger partial charge is 0.350 e. The summed E-state index contributed by atoms with van der Waals surface area (Å²) in [4.78, 5) is 27.6. The fourth-order valence-electron chi connectivity index (χ4n) is 3.54. The van der Waals surface area contributed by atoms with Gasteiger partial charge in [-0.05, 0) is 24.6 Å². The molecular weight excluding hydrogens is 302 g/mol. The average Bonchev–Trinajstić information content (AvgIpc) is 2.86. The predicted octanol–water partition coefficient (Wildman–Crippen LogP) is 2.85. The van der Waals surface area contributed by atoms with Crippen LogP contribution in [0, 0.1) is 6.92 Å². The molecule has 0 radical (unpaired) electrons. The highest BCUT2D eigenvalue weighted by Crippen LogP contribution is 2.46. The van der Waals surface area contributed by atoms with Gasteiger partial charge in [0.05, 0.1) is 11.3 Å². The molecule has 0 saturated heterocycles. The van der Waals surface area contributed by atoms with E-state index in [4.69, 9.17) is 0 Å². The first-order valence-electron chi connectivity index (χ1n) is 7.81. The van der Waals surface area contributed by atoms with Crippen LogP contribution in [0.1, 0.15) is 21.5 Å². The minimum absolute atomic E-state index is 0.186. The molecule has 0 fully saturated rings. The van der Waals surface area contributed by atoms with Crippen LogP contribution in [-0.4, -0.2) is 23.3 Å². The topological polar surface area (TPSA) is 61.4 Å². The number of nitrogens with one attached hydrogen (secondary N) is 2. The molecule has 5 nitrogen and oxygen atoms in total. The Morgan fingerprint density at radius 1 is 1.17 bits per heavy atom. The highest BCUT2D eigenvalue weighted by Gasteiger charge is 2.56. The van der Waals surface area contributed by atoms with Crippen LogP contribution >= 0.6 is 0 Å². The van der Waals surface area contributed by atoms with E-state index in [2.05, 4.69) is 17.2 Å². The average molecular weight is 319 g/mol. The van der Waals surface area contributed by atoms with Crippen molar-refractivity contribution >= 4 is 23.2 Å². The van der Waals surface area contributed by atoms with Crippen LogP contribution in [0.3, 0.4) is 0 Å². The van der Waals surface area contributed by atoms with Gasteiger partial charge >= 0.3 is 0 Å². The molecule has 0 aliphatic carbocycles. The number of rotatable bonds is 2. The predicted molar refractivity (Wildman–Crippen MR) is 92.8 cm³/mol. The summed E-state index contributed by atoms with van der Waals surface area (Å²) in [6, 6.07) is 13.0. The molecule has 2 N–H and O–H groups in total. The lowest BCUT2D eigenvalue weighted by Gasteiger charge is -2.44. The number of amides is 2. The maximum Gasteiger partial charge on any atom is 0.276 e. The van der Waals surface area contributed by atoms with Crippen LogP contribution in [0.2, 0.25) is 0 Å². The number of para-hydroxylation sites is 2. The third-order valence-corrected chi connectivity index (χ3v) is 4.66. The first kappa shape index (κ1) is 14.5. The van der Waals surface area contributed by atoms with Crippen LogP contribution < -0.4 is 10.6 Å². The van der Waals surface area contributed by atoms with E-state index in [-0.39, 0.29) is 18.4 Å². The zero-order chi connectivity index (χ0) is 16.9. The maximum absolute atomic E-state index is 13.1. The van der Waals surface area contributed by atoms with Crippen molar-refractivity contribution < 1.29 is 9.59 Å². The molecule has 0 aromatic heterocycles. The normalized spacial score (nSPS) is 21.1. The lowest BCUT2D eigenvalue weighted by Crippen LogP contribution is -2.61. The molecule has 120 valence electrons. The molecule has 1 atom stereocenters. The van der Waals surface area contributed by atoms with E-state index in [1.165, 1.54) is 0 Å². The molecule has 2 amide bonds. The van der Waals surface area contributed by atoms with Gasteiger partial charge in [0, 0.05) is 17.8 Å². The van der Waals surface area contributed by atoms with Crippen molar-refractivity contribution in [2.75, 3.05) is 17.2 Å². The summed E-state index contributed by atoms with van der Waals surface area (Å²) in [5.41, 5.74) is 2.45. The molecule has 4 rings (SSSR count). The third kappa shape index (κ3) is 1.69. The molecule has 0 saturated carbocycles. The van der Waals surface area contributed by atoms with Crippen LogP contribution in [-0.2, 0) is 10.5 Å². The number of carbonyl (C=O) groups is 2. The number of carbonyl (C=O) groups excluding carboxylic acids is 2. The van der Waals surface area contributed by atoms with Crippen LogP contribution in [0.15, 0.2) is 55.1 Å². The molecule has 0 bridgehead atoms. The second kappa shape index (κ2) is 4.96. The second-order valence-corrected chi connectivity index (χ2v) is 6.04. The number of benzene rings is 2. The van der Waals surface area contributed by atoms with E-state index in [1.807, 2.05) is 43.3 Å². The fourth-order valence-corrected chi connectivity index (χ4v) is 3.54. The smallest absolute Gasteiger partial charge is 0.276 e. The highest BCUT2D eigenvalue weighted by atomic mass is 16.2. The summed E-state index contributed by atoms with van der Waals surface area (Å²) >= 11 is 0. The van der Waals surface area contributed by atoms with Gasteiger partial charge in [-0.15, -0.1) is 6.58 Å². The number of hydrogen-bond acceptors (Lipinski definition) is 3. The Hall–Kier alpha value is -3.08. The van der Waals surface area contributed by atoms with Crippen molar-refractivity contribution in [3.05, 3.63) is 71.8 Å². The van der Waals surface area contributed by atoms with Crippen LogP contribution in [0.25, 0.3) is 0 Å². The van der Waals surface area contributed by atoms with Gasteiger partial charge in [-0.1, -0.05) is 36.4 Å². The Bertz CT molecular complexity index is 890. The van der Waals surface area contributed by atoms with E-state index in [0.29, 0.717) is 11.3 Å². The summed E-state index contributed by atoms with van der Waals surface area (Å²) in [5.74, 6) is -0.440. The number of fused-ring (bicyclic) bond motifs is 3. The Kier molecular flexibility index (Phi) is 3.00. The molecule has 5 heteroatoms. The van der Waals surface area contributed by atoms with Gasteiger partial charge in [0.15, 0.2) is 0 Å². The second-order valence-electron chi connectivity index (χ2n) is 6.04. The van der Waals surface area contributed by atoms with Gasteiger partial charge in [-0.25, -0.2) is 0 Å². The minimum atomic E-state index is -1.25. The Labute approximate surface area is 140 Å². The third-order valence-electron chi connectivity index (χ3n) is 4.66. The van der Waals surface area contributed by atoms with Crippen molar-refractivity contribution in [3.63, 3.8) is 0 Å². The van der Waals surface area contributed by atoms with Crippen molar-refractivity contribution in [1.29, 1.82) is 0 Å². The quantitative estimate of drug-likeness (QED) is 0.837. The van der Waals surface area contributed by atoms with E-state index < -0.39 is 5.66 Å². The minimum Gasteiger partial charge on any atom is -0.350 e. The van der Waals surface area contributed by atoms with E-state index in [1.54, 1.807) is 17.0 Å². The molecule has 2 aromatic carbocycles. The number of hydrogen-bond donors (Lipinski definition) is 2. The Balaban J connectivity index is 2.00. The van der Waals surface area contributed by atoms with Gasteiger partial charge < -0.3 is 10.6 Å². The maximum atomic E-state index is 13.1. The zero-order valence-electron chi connectivity index (χ0n) is 13.3. The standard InChI is InChI=1S/C19H17N3O2/c1-3-11-22-17(23)13-8-4-5-10-15(13)21-19(22)14-9-6-7-12(2)16(14)20-18(19)24/h3-10,21H,1,11H2,2H3,(H,20,24). The van der Waals surface area contributed by atoms with Gasteiger partial charge in [0.25, 0.3) is 11.8 Å². The van der Waals surface area contributed by atoms with Crippen LogP contribution in [0.4, 0.5) is 11.4 Å². The van der Waals surface area contributed by atoms with Crippen molar-refractivity contribution in [1.82, 2.24) is 4.90 Å². The highest BCUT2D eigenvalue weighted by molar-refractivity contribution is 6.14. The zero-order valence-corrected chi connectivity index (χ0v) is 13.3. The van der Waals surface area contributed by atoms with Gasteiger partial charge in [-0.2, -0.15) is 0 Å². The summed E-state index contributed by atoms with van der Waals surface area (Å²) in [7, 11) is 0. The molecule has 1 spiro atoms. The molecule has 2 aromatic rings. The summed E-state index contributed by atoms with van der Waals surface area (Å²) < 4.78 is 0. The Morgan fingerprint density at radius 2 is 1.96 bits per heavy atom. The number of anilines is 2. The van der Waals surface area contributed by atoms with Crippen LogP contribution in [0.5, 0.6) is 0 Å². The first-order chi connectivity index (χ1) is 11.6. The summed E-state index contributed by atoms with van der Waals surface area (Å²) in [6.45, 7) is 5.95. The van der Waals surface area contributed by atoms with Crippen molar-refractivity contribution in [2.45, 2.75) is 12.6 Å². The number of nitrogens with zero attached hydrogens (tertiary/aromatic N) is 1. The summed E-state index contributed by atoms with van der Waals surface area (Å²) in [5, 5.41) is 6.25. The molecular formula is C19H17N3O2. The van der Waals surface area contributed by atoms with E-state index >= 15 is 0 Å². The molecule has 1 unspecified atom stereocenters. The summed E-state index contributed by atoms with van der Waals surface area (Å²) in [6.07, 6.45) is 1.64. The van der Waals surface area contributed by atoms with Crippen molar-refractivity contribution in [2.24, 2.45) is 0 Å². The van der Waals surface area contributed by atoms with E-state index in [9.17, 15) is 9.59 Å². The Morgan fingerprint density at radius 3 is 2.75 bits per heavy atom. The van der Waals surface area contributed by atoms with Crippen molar-refractivity contribution in [3.8, 4) is 0 Å². The SMILES string of the molecule is C=CCN1C(=O)c2ccccc2NC12C(=O)Nc1c(C)cccc12. The monoisotopic (exact) mass is 319 g/mol. The molecule has 24 heavy (non-hydrogen) atoms. The van der Waals surface area contributed by atoms with Gasteiger partial charge in [0.1, 0.15) is 0 Å². The van der Waals surface area contributed by atoms with E-state index in [0.717, 1.165) is 16.8 Å².